The lowest BCUT2D eigenvalue weighted by Gasteiger charge is -2.07. The van der Waals surface area contributed by atoms with Crippen molar-refractivity contribution in [1.29, 1.82) is 0 Å². The number of halogens is 1. The van der Waals surface area contributed by atoms with Crippen LogP contribution in [0.15, 0.2) is 92.6 Å². The zero-order chi connectivity index (χ0) is 26.5. The van der Waals surface area contributed by atoms with Gasteiger partial charge in [0.05, 0.1) is 4.92 Å². The van der Waals surface area contributed by atoms with E-state index >= 15 is 0 Å². The number of hydrogen-bond acceptors (Lipinski definition) is 8. The van der Waals surface area contributed by atoms with Gasteiger partial charge in [-0.15, -0.1) is 11.8 Å². The number of benzene rings is 3. The molecule has 0 aliphatic carbocycles. The van der Waals surface area contributed by atoms with E-state index in [0.29, 0.717) is 22.8 Å². The number of oxime groups is 1. The van der Waals surface area contributed by atoms with Gasteiger partial charge < -0.3 is 4.84 Å². The smallest absolute Gasteiger partial charge is 0.318 e. The van der Waals surface area contributed by atoms with Gasteiger partial charge in [-0.05, 0) is 60.7 Å². The number of Topliss-reactive ketones (excluding diaryl/α,β-unsaturated/α-hetero) is 1. The highest BCUT2D eigenvalue weighted by Crippen LogP contribution is 2.29. The van der Waals surface area contributed by atoms with Gasteiger partial charge in [-0.3, -0.25) is 14.9 Å². The number of nitro benzene ring substituents is 1. The quantitative estimate of drug-likeness (QED) is 0.0643. The summed E-state index contributed by atoms with van der Waals surface area (Å²) in [6, 6.07) is 20.5. The van der Waals surface area contributed by atoms with Crippen LogP contribution in [0.3, 0.4) is 0 Å². The molecule has 3 aromatic carbocycles. The molecule has 0 bridgehead atoms. The van der Waals surface area contributed by atoms with Gasteiger partial charge in [-0.2, -0.15) is 0 Å². The van der Waals surface area contributed by atoms with Crippen molar-refractivity contribution < 1.29 is 19.3 Å². The van der Waals surface area contributed by atoms with E-state index in [-0.39, 0.29) is 17.2 Å². The van der Waals surface area contributed by atoms with Crippen LogP contribution in [0.1, 0.15) is 37.6 Å². The fourth-order valence-electron chi connectivity index (χ4n) is 2.73. The van der Waals surface area contributed by atoms with Gasteiger partial charge in [0.2, 0.25) is 5.78 Å². The summed E-state index contributed by atoms with van der Waals surface area (Å²) in [5.74, 6) is -0.378. The maximum Gasteiger partial charge on any atom is 0.331 e. The molecule has 36 heavy (non-hydrogen) atoms. The fraction of sp³-hybridized carbons (Fsp3) is 0.192. The molecule has 0 heterocycles. The van der Waals surface area contributed by atoms with E-state index < -0.39 is 10.9 Å². The molecular formula is C26H25ClN2O5S2. The molecule has 0 spiro atoms. The van der Waals surface area contributed by atoms with Crippen LogP contribution in [0.25, 0.3) is 0 Å². The van der Waals surface area contributed by atoms with Crippen molar-refractivity contribution in [2.45, 2.75) is 41.9 Å². The van der Waals surface area contributed by atoms with E-state index in [2.05, 4.69) is 5.16 Å². The summed E-state index contributed by atoms with van der Waals surface area (Å²) in [7, 11) is 0. The van der Waals surface area contributed by atoms with Crippen molar-refractivity contribution in [3.63, 3.8) is 0 Å². The number of thioether (sulfide) groups is 1. The summed E-state index contributed by atoms with van der Waals surface area (Å²) in [6.07, 6.45) is 0.304. The summed E-state index contributed by atoms with van der Waals surface area (Å²) in [5.41, 5.74) is 0.585. The molecule has 0 saturated carbocycles. The molecule has 0 saturated heterocycles. The van der Waals surface area contributed by atoms with E-state index in [1.807, 2.05) is 26.0 Å². The minimum atomic E-state index is -0.606. The largest absolute Gasteiger partial charge is 0.331 e. The fourth-order valence-corrected chi connectivity index (χ4v) is 4.53. The number of carbonyl (C=O) groups excluding carboxylic acids is 2. The summed E-state index contributed by atoms with van der Waals surface area (Å²) in [4.78, 5) is 42.0. The minimum absolute atomic E-state index is 0.0270. The second-order valence-corrected chi connectivity index (χ2v) is 9.63. The van der Waals surface area contributed by atoms with Gasteiger partial charge in [-0.1, -0.05) is 42.4 Å². The van der Waals surface area contributed by atoms with Crippen LogP contribution < -0.4 is 0 Å². The zero-order valence-corrected chi connectivity index (χ0v) is 22.4. The Hall–Kier alpha value is -3.14. The van der Waals surface area contributed by atoms with Gasteiger partial charge >= 0.3 is 5.97 Å². The van der Waals surface area contributed by atoms with Crippen molar-refractivity contribution in [3.05, 3.63) is 93.5 Å². The third kappa shape index (κ3) is 9.49. The van der Waals surface area contributed by atoms with Crippen LogP contribution in [0, 0.1) is 10.1 Å². The molecular weight excluding hydrogens is 520 g/mol. The molecule has 3 rings (SSSR count). The van der Waals surface area contributed by atoms with Gasteiger partial charge in [-0.25, -0.2) is 4.79 Å². The molecule has 3 aromatic rings. The Bertz CT molecular complexity index is 1200. The monoisotopic (exact) mass is 544 g/mol. The van der Waals surface area contributed by atoms with Crippen LogP contribution in [0.5, 0.6) is 0 Å². The minimum Gasteiger partial charge on any atom is -0.318 e. The molecule has 0 aliphatic rings. The number of hydrogen-bond donors (Lipinski definition) is 0. The van der Waals surface area contributed by atoms with Crippen LogP contribution >= 0.6 is 35.1 Å². The second kappa shape index (κ2) is 15.1. The molecule has 0 amide bonds. The Morgan fingerprint density at radius 3 is 1.97 bits per heavy atom. The summed E-state index contributed by atoms with van der Waals surface area (Å²) < 4.78 is 0. The van der Waals surface area contributed by atoms with Gasteiger partial charge in [0.1, 0.15) is 5.71 Å². The SMILES string of the molecule is CC.CC(=O)O/N=C(/CCSc1ccc(Cl)cc1)C(=O)c1ccc(Sc2ccc([N+](=O)[O-])cc2)cc1. The Balaban J connectivity index is 0.00000222. The highest BCUT2D eigenvalue weighted by molar-refractivity contribution is 7.99. The number of nitro groups is 1. The van der Waals surface area contributed by atoms with Crippen molar-refractivity contribution in [2.75, 3.05) is 5.75 Å². The number of carbonyl (C=O) groups is 2. The molecule has 0 fully saturated rings. The van der Waals surface area contributed by atoms with Gasteiger partial charge in [0.25, 0.3) is 5.69 Å². The highest BCUT2D eigenvalue weighted by Gasteiger charge is 2.16. The normalized spacial score (nSPS) is 10.7. The van der Waals surface area contributed by atoms with Crippen LogP contribution in [0.4, 0.5) is 5.69 Å². The Morgan fingerprint density at radius 1 is 0.917 bits per heavy atom. The third-order valence-electron chi connectivity index (χ3n) is 4.37. The Morgan fingerprint density at radius 2 is 1.44 bits per heavy atom. The first-order valence-electron chi connectivity index (χ1n) is 11.0. The first kappa shape index (κ1) is 29.1. The summed E-state index contributed by atoms with van der Waals surface area (Å²) in [5, 5.41) is 15.2. The number of non-ortho nitro benzene ring substituents is 1. The van der Waals surface area contributed by atoms with E-state index in [0.717, 1.165) is 14.7 Å². The molecule has 0 radical (unpaired) electrons. The highest BCUT2D eigenvalue weighted by atomic mass is 35.5. The van der Waals surface area contributed by atoms with Crippen LogP contribution in [-0.2, 0) is 9.63 Å². The average molecular weight is 545 g/mol. The molecule has 0 aromatic heterocycles. The average Bonchev–Trinajstić information content (AvgIpc) is 2.88. The molecule has 188 valence electrons. The number of rotatable bonds is 10. The van der Waals surface area contributed by atoms with Crippen molar-refractivity contribution >= 4 is 58.3 Å². The van der Waals surface area contributed by atoms with Gasteiger partial charge in [0, 0.05) is 56.5 Å². The number of ketones is 1. The number of nitrogens with zero attached hydrogens (tertiary/aromatic N) is 2. The lowest BCUT2D eigenvalue weighted by molar-refractivity contribution is -0.384. The first-order valence-corrected chi connectivity index (χ1v) is 13.2. The van der Waals surface area contributed by atoms with Crippen molar-refractivity contribution in [1.82, 2.24) is 0 Å². The molecule has 0 N–H and O–H groups in total. The standard InChI is InChI=1S/C24H19ClN2O5S2.C2H6/c1-16(28)32-26-23(14-15-33-20-10-4-18(25)5-11-20)24(29)17-2-8-21(9-3-17)34-22-12-6-19(7-13-22)27(30)31;1-2/h2-13H,14-15H2,1H3;1-2H3/b26-23-;. The van der Waals surface area contributed by atoms with E-state index in [9.17, 15) is 19.7 Å². The maximum atomic E-state index is 13.0. The van der Waals surface area contributed by atoms with Gasteiger partial charge in [0.15, 0.2) is 0 Å². The molecule has 7 nitrogen and oxygen atoms in total. The predicted molar refractivity (Wildman–Crippen MR) is 145 cm³/mol. The van der Waals surface area contributed by atoms with Crippen molar-refractivity contribution in [2.24, 2.45) is 5.16 Å². The van der Waals surface area contributed by atoms with Crippen LogP contribution in [0.2, 0.25) is 5.02 Å². The van der Waals surface area contributed by atoms with E-state index in [4.69, 9.17) is 16.4 Å². The Labute approximate surface area is 223 Å². The lowest BCUT2D eigenvalue weighted by Crippen LogP contribution is -2.16. The topological polar surface area (TPSA) is 98.9 Å². The van der Waals surface area contributed by atoms with Crippen molar-refractivity contribution in [3.8, 4) is 0 Å². The Kier molecular flexibility index (Phi) is 12.2. The van der Waals surface area contributed by atoms with E-state index in [1.165, 1.54) is 42.6 Å². The molecule has 0 atom stereocenters. The second-order valence-electron chi connectivity index (χ2n) is 6.88. The zero-order valence-electron chi connectivity index (χ0n) is 20.0. The third-order valence-corrected chi connectivity index (χ3v) is 6.65. The maximum absolute atomic E-state index is 13.0. The van der Waals surface area contributed by atoms with Crippen LogP contribution in [-0.4, -0.2) is 28.1 Å². The lowest BCUT2D eigenvalue weighted by atomic mass is 10.1. The molecule has 10 heteroatoms. The van der Waals surface area contributed by atoms with E-state index in [1.54, 1.807) is 48.5 Å². The summed E-state index contributed by atoms with van der Waals surface area (Å²) in [6.45, 7) is 5.22. The summed E-state index contributed by atoms with van der Waals surface area (Å²) >= 11 is 8.85. The predicted octanol–water partition coefficient (Wildman–Crippen LogP) is 7.71. The first-order chi connectivity index (χ1) is 17.3. The molecule has 0 aliphatic heterocycles. The molecule has 0 unspecified atom stereocenters.